The molecule has 0 spiro atoms. The van der Waals surface area contributed by atoms with E-state index < -0.39 is 16.1 Å². The summed E-state index contributed by atoms with van der Waals surface area (Å²) in [5.41, 5.74) is 2.59. The first-order chi connectivity index (χ1) is 15.2. The van der Waals surface area contributed by atoms with Crippen molar-refractivity contribution in [2.45, 2.75) is 45.7 Å². The van der Waals surface area contributed by atoms with Crippen LogP contribution in [-0.4, -0.2) is 51.0 Å². The van der Waals surface area contributed by atoms with Crippen molar-refractivity contribution in [3.05, 3.63) is 65.7 Å². The highest BCUT2D eigenvalue weighted by Crippen LogP contribution is 2.20. The topological polar surface area (TPSA) is 86.8 Å². The number of amides is 2. The van der Waals surface area contributed by atoms with Gasteiger partial charge >= 0.3 is 0 Å². The van der Waals surface area contributed by atoms with Crippen molar-refractivity contribution < 1.29 is 18.0 Å². The van der Waals surface area contributed by atoms with Gasteiger partial charge in [-0.15, -0.1) is 0 Å². The lowest BCUT2D eigenvalue weighted by molar-refractivity contribution is -0.141. The van der Waals surface area contributed by atoms with Crippen molar-refractivity contribution in [1.29, 1.82) is 0 Å². The highest BCUT2D eigenvalue weighted by atomic mass is 32.2. The number of anilines is 1. The Kier molecular flexibility index (Phi) is 9.26. The minimum atomic E-state index is -3.48. The van der Waals surface area contributed by atoms with E-state index in [0.29, 0.717) is 25.1 Å². The number of carbonyl (C=O) groups excluding carboxylic acids is 2. The van der Waals surface area contributed by atoms with Crippen LogP contribution in [0.4, 0.5) is 5.69 Å². The molecule has 0 saturated heterocycles. The molecule has 8 heteroatoms. The van der Waals surface area contributed by atoms with Crippen LogP contribution in [-0.2, 0) is 26.2 Å². The third-order valence-corrected chi connectivity index (χ3v) is 6.62. The standard InChI is InChI=1S/C24H33N3O4S/c1-5-22(24(29)25-3)26(18-20-13-10-9-12-19(20)2)23(28)16-11-17-27(32(4,30)31)21-14-7-6-8-15-21/h6-10,12-15,22H,5,11,16-18H2,1-4H3,(H,25,29)/t22-/m1/s1. The number of para-hydroxylation sites is 1. The first-order valence-electron chi connectivity index (χ1n) is 10.8. The number of carbonyl (C=O) groups is 2. The lowest BCUT2D eigenvalue weighted by Gasteiger charge is -2.31. The lowest BCUT2D eigenvalue weighted by atomic mass is 10.1. The van der Waals surface area contributed by atoms with Gasteiger partial charge in [0.05, 0.1) is 11.9 Å². The van der Waals surface area contributed by atoms with Gasteiger partial charge in [-0.05, 0) is 43.0 Å². The molecule has 0 radical (unpaired) electrons. The average Bonchev–Trinajstić information content (AvgIpc) is 2.77. The van der Waals surface area contributed by atoms with E-state index in [1.54, 1.807) is 36.2 Å². The quantitative estimate of drug-likeness (QED) is 0.559. The number of nitrogens with one attached hydrogen (secondary N) is 1. The molecule has 0 aliphatic carbocycles. The van der Waals surface area contributed by atoms with Gasteiger partial charge in [0.1, 0.15) is 6.04 Å². The maximum atomic E-state index is 13.2. The van der Waals surface area contributed by atoms with E-state index >= 15 is 0 Å². The fourth-order valence-electron chi connectivity index (χ4n) is 3.66. The fourth-order valence-corrected chi connectivity index (χ4v) is 4.62. The van der Waals surface area contributed by atoms with E-state index in [0.717, 1.165) is 17.4 Å². The van der Waals surface area contributed by atoms with Gasteiger partial charge in [-0.25, -0.2) is 8.42 Å². The molecule has 1 N–H and O–H groups in total. The van der Waals surface area contributed by atoms with Crippen LogP contribution < -0.4 is 9.62 Å². The molecular weight excluding hydrogens is 426 g/mol. The Morgan fingerprint density at radius 3 is 2.22 bits per heavy atom. The number of benzene rings is 2. The molecule has 2 aromatic rings. The van der Waals surface area contributed by atoms with Gasteiger partial charge < -0.3 is 10.2 Å². The molecule has 0 unspecified atom stereocenters. The van der Waals surface area contributed by atoms with Crippen LogP contribution in [0.5, 0.6) is 0 Å². The first-order valence-corrected chi connectivity index (χ1v) is 12.6. The Hall–Kier alpha value is -2.87. The Bertz CT molecular complexity index is 1010. The summed E-state index contributed by atoms with van der Waals surface area (Å²) in [5, 5.41) is 2.65. The highest BCUT2D eigenvalue weighted by molar-refractivity contribution is 7.92. The summed E-state index contributed by atoms with van der Waals surface area (Å²) in [6, 6.07) is 16.0. The van der Waals surface area contributed by atoms with E-state index in [9.17, 15) is 18.0 Å². The smallest absolute Gasteiger partial charge is 0.242 e. The van der Waals surface area contributed by atoms with Gasteiger partial charge in [-0.2, -0.15) is 0 Å². The minimum absolute atomic E-state index is 0.137. The molecule has 0 bridgehead atoms. The van der Waals surface area contributed by atoms with Crippen molar-refractivity contribution >= 4 is 27.5 Å². The van der Waals surface area contributed by atoms with Crippen molar-refractivity contribution in [2.24, 2.45) is 0 Å². The summed E-state index contributed by atoms with van der Waals surface area (Å²) in [6.45, 7) is 4.36. The van der Waals surface area contributed by atoms with Crippen molar-refractivity contribution in [3.63, 3.8) is 0 Å². The van der Waals surface area contributed by atoms with Crippen molar-refractivity contribution in [2.75, 3.05) is 24.2 Å². The summed E-state index contributed by atoms with van der Waals surface area (Å²) < 4.78 is 25.9. The molecule has 0 saturated carbocycles. The monoisotopic (exact) mass is 459 g/mol. The molecule has 0 fully saturated rings. The van der Waals surface area contributed by atoms with Crippen LogP contribution in [0.2, 0.25) is 0 Å². The van der Waals surface area contributed by atoms with Gasteiger partial charge in [0.2, 0.25) is 21.8 Å². The van der Waals surface area contributed by atoms with Crippen LogP contribution in [0, 0.1) is 6.92 Å². The lowest BCUT2D eigenvalue weighted by Crippen LogP contribution is -2.48. The van der Waals surface area contributed by atoms with Crippen LogP contribution in [0.15, 0.2) is 54.6 Å². The zero-order valence-electron chi connectivity index (χ0n) is 19.2. The van der Waals surface area contributed by atoms with Crippen molar-refractivity contribution in [1.82, 2.24) is 10.2 Å². The van der Waals surface area contributed by atoms with Gasteiger partial charge in [-0.3, -0.25) is 13.9 Å². The van der Waals surface area contributed by atoms with Crippen LogP contribution in [0.25, 0.3) is 0 Å². The largest absolute Gasteiger partial charge is 0.357 e. The molecule has 174 valence electrons. The average molecular weight is 460 g/mol. The van der Waals surface area contributed by atoms with Crippen LogP contribution >= 0.6 is 0 Å². The molecule has 7 nitrogen and oxygen atoms in total. The van der Waals surface area contributed by atoms with Crippen molar-refractivity contribution in [3.8, 4) is 0 Å². The Morgan fingerprint density at radius 2 is 1.66 bits per heavy atom. The van der Waals surface area contributed by atoms with Crippen LogP contribution in [0.1, 0.15) is 37.3 Å². The summed E-state index contributed by atoms with van der Waals surface area (Å²) in [7, 11) is -1.92. The zero-order chi connectivity index (χ0) is 23.7. The number of hydrogen-bond acceptors (Lipinski definition) is 4. The molecule has 2 amide bonds. The second-order valence-corrected chi connectivity index (χ2v) is 9.67. The van der Waals surface area contributed by atoms with Crippen LogP contribution in [0.3, 0.4) is 0 Å². The SMILES string of the molecule is CC[C@H](C(=O)NC)N(Cc1ccccc1C)C(=O)CCCN(c1ccccc1)S(C)(=O)=O. The summed E-state index contributed by atoms with van der Waals surface area (Å²) >= 11 is 0. The number of hydrogen-bond donors (Lipinski definition) is 1. The second kappa shape index (κ2) is 11.7. The molecule has 0 aliphatic rings. The zero-order valence-corrected chi connectivity index (χ0v) is 20.1. The maximum absolute atomic E-state index is 13.2. The number of rotatable bonds is 11. The van der Waals surface area contributed by atoms with Gasteiger partial charge in [-0.1, -0.05) is 49.4 Å². The molecule has 2 aromatic carbocycles. The molecule has 32 heavy (non-hydrogen) atoms. The van der Waals surface area contributed by atoms with E-state index in [1.165, 1.54) is 4.31 Å². The number of aryl methyl sites for hydroxylation is 1. The molecule has 0 aromatic heterocycles. The molecule has 2 rings (SSSR count). The summed E-state index contributed by atoms with van der Waals surface area (Å²) in [4.78, 5) is 27.3. The first kappa shape index (κ1) is 25.4. The van der Waals surface area contributed by atoms with E-state index in [-0.39, 0.29) is 24.8 Å². The number of sulfonamides is 1. The van der Waals surface area contributed by atoms with E-state index in [2.05, 4.69) is 5.32 Å². The Balaban J connectivity index is 2.18. The van der Waals surface area contributed by atoms with Gasteiger partial charge in [0, 0.05) is 26.6 Å². The summed E-state index contributed by atoms with van der Waals surface area (Å²) in [5.74, 6) is -0.387. The molecular formula is C24H33N3O4S. The maximum Gasteiger partial charge on any atom is 0.242 e. The Labute approximate surface area is 191 Å². The predicted molar refractivity (Wildman–Crippen MR) is 128 cm³/mol. The molecule has 0 aliphatic heterocycles. The predicted octanol–water partition coefficient (Wildman–Crippen LogP) is 3.09. The number of nitrogens with zero attached hydrogens (tertiary/aromatic N) is 2. The third kappa shape index (κ3) is 6.82. The van der Waals surface area contributed by atoms with Gasteiger partial charge in [0.25, 0.3) is 0 Å². The Morgan fingerprint density at radius 1 is 1.03 bits per heavy atom. The molecule has 1 atom stereocenters. The molecule has 0 heterocycles. The summed E-state index contributed by atoms with van der Waals surface area (Å²) in [6.07, 6.45) is 2.12. The third-order valence-electron chi connectivity index (χ3n) is 5.43. The highest BCUT2D eigenvalue weighted by Gasteiger charge is 2.28. The minimum Gasteiger partial charge on any atom is -0.357 e. The fraction of sp³-hybridized carbons (Fsp3) is 0.417. The normalized spacial score (nSPS) is 12.1. The van der Waals surface area contributed by atoms with E-state index in [1.807, 2.05) is 44.2 Å². The van der Waals surface area contributed by atoms with Gasteiger partial charge in [0.15, 0.2) is 0 Å². The van der Waals surface area contributed by atoms with E-state index in [4.69, 9.17) is 0 Å². The second-order valence-electron chi connectivity index (χ2n) is 7.76. The number of likely N-dealkylation sites (N-methyl/N-ethyl adjacent to an activating group) is 1.